The maximum absolute atomic E-state index is 11.3. The summed E-state index contributed by atoms with van der Waals surface area (Å²) in [4.78, 5) is 19.2. The molecule has 2 N–H and O–H groups in total. The average molecular weight is 234 g/mol. The summed E-state index contributed by atoms with van der Waals surface area (Å²) in [7, 11) is 0. The molecule has 7 heteroatoms. The van der Waals surface area contributed by atoms with E-state index in [1.54, 1.807) is 25.1 Å². The number of nitrogens with two attached hydrogens (primary N) is 1. The molecule has 0 atom stereocenters. The number of nitrogen functional groups attached to an aromatic ring is 1. The first-order chi connectivity index (χ1) is 8.20. The Morgan fingerprint density at radius 1 is 1.47 bits per heavy atom. The van der Waals surface area contributed by atoms with E-state index in [0.29, 0.717) is 11.5 Å². The maximum atomic E-state index is 11.3. The Labute approximate surface area is 96.6 Å². The van der Waals surface area contributed by atoms with Crippen molar-refractivity contribution in [2.24, 2.45) is 0 Å². The van der Waals surface area contributed by atoms with Gasteiger partial charge in [0.15, 0.2) is 0 Å². The third-order valence-electron chi connectivity index (χ3n) is 1.87. The van der Waals surface area contributed by atoms with Crippen LogP contribution in [0.4, 0.5) is 5.82 Å². The van der Waals surface area contributed by atoms with Crippen molar-refractivity contribution >= 4 is 11.8 Å². The van der Waals surface area contributed by atoms with E-state index in [1.165, 1.54) is 0 Å². The minimum atomic E-state index is -0.633. The van der Waals surface area contributed by atoms with Crippen LogP contribution in [0, 0.1) is 0 Å². The first kappa shape index (κ1) is 11.1. The first-order valence-corrected chi connectivity index (χ1v) is 4.94. The van der Waals surface area contributed by atoms with E-state index in [4.69, 9.17) is 15.0 Å². The lowest BCUT2D eigenvalue weighted by Gasteiger charge is -1.94. The van der Waals surface area contributed by atoms with Crippen molar-refractivity contribution in [2.75, 3.05) is 12.3 Å². The van der Waals surface area contributed by atoms with Crippen LogP contribution in [0.15, 0.2) is 22.7 Å². The van der Waals surface area contributed by atoms with Crippen LogP contribution in [-0.2, 0) is 4.74 Å². The second-order valence-electron chi connectivity index (χ2n) is 3.09. The van der Waals surface area contributed by atoms with Gasteiger partial charge in [-0.1, -0.05) is 6.07 Å². The lowest BCUT2D eigenvalue weighted by molar-refractivity contribution is 0.0508. The molecule has 7 nitrogen and oxygen atoms in total. The molecule has 2 heterocycles. The van der Waals surface area contributed by atoms with Gasteiger partial charge >= 0.3 is 5.97 Å². The van der Waals surface area contributed by atoms with Gasteiger partial charge in [0, 0.05) is 0 Å². The molecule has 0 fully saturated rings. The fraction of sp³-hybridized carbons (Fsp3) is 0.200. The SMILES string of the molecule is CCOC(=O)c1noc(-c2cccc(N)n2)n1. The molecule has 0 aliphatic carbocycles. The zero-order valence-electron chi connectivity index (χ0n) is 9.08. The fourth-order valence-corrected chi connectivity index (χ4v) is 1.18. The summed E-state index contributed by atoms with van der Waals surface area (Å²) in [5.74, 6) is -0.309. The van der Waals surface area contributed by atoms with E-state index in [-0.39, 0.29) is 18.3 Å². The topological polar surface area (TPSA) is 104 Å². The first-order valence-electron chi connectivity index (χ1n) is 4.94. The number of pyridine rings is 1. The monoisotopic (exact) mass is 234 g/mol. The molecule has 0 saturated heterocycles. The number of esters is 1. The number of aromatic nitrogens is 3. The molecule has 0 amide bonds. The van der Waals surface area contributed by atoms with Gasteiger partial charge in [0.05, 0.1) is 6.61 Å². The number of carbonyl (C=O) groups excluding carboxylic acids is 1. The molecule has 0 aliphatic heterocycles. The average Bonchev–Trinajstić information content (AvgIpc) is 2.78. The Morgan fingerprint density at radius 3 is 3.00 bits per heavy atom. The van der Waals surface area contributed by atoms with Crippen LogP contribution < -0.4 is 5.73 Å². The maximum Gasteiger partial charge on any atom is 0.379 e. The summed E-state index contributed by atoms with van der Waals surface area (Å²) in [6, 6.07) is 4.98. The second-order valence-corrected chi connectivity index (χ2v) is 3.09. The lowest BCUT2D eigenvalue weighted by atomic mass is 10.3. The van der Waals surface area contributed by atoms with Crippen molar-refractivity contribution < 1.29 is 14.1 Å². The number of nitrogens with zero attached hydrogens (tertiary/aromatic N) is 3. The normalized spacial score (nSPS) is 10.2. The predicted octanol–water partition coefficient (Wildman–Crippen LogP) is 0.891. The van der Waals surface area contributed by atoms with Gasteiger partial charge in [-0.3, -0.25) is 0 Å². The highest BCUT2D eigenvalue weighted by molar-refractivity contribution is 5.85. The van der Waals surface area contributed by atoms with E-state index in [2.05, 4.69) is 15.1 Å². The zero-order valence-corrected chi connectivity index (χ0v) is 9.08. The van der Waals surface area contributed by atoms with Crippen molar-refractivity contribution in [1.82, 2.24) is 15.1 Å². The van der Waals surface area contributed by atoms with Crippen LogP contribution in [0.25, 0.3) is 11.6 Å². The number of anilines is 1. The van der Waals surface area contributed by atoms with Gasteiger partial charge in [0.25, 0.3) is 11.7 Å². The van der Waals surface area contributed by atoms with Crippen molar-refractivity contribution in [3.63, 3.8) is 0 Å². The Kier molecular flexibility index (Phi) is 2.99. The van der Waals surface area contributed by atoms with Gasteiger partial charge in [0.1, 0.15) is 11.5 Å². The van der Waals surface area contributed by atoms with E-state index in [1.807, 2.05) is 0 Å². The van der Waals surface area contributed by atoms with Crippen molar-refractivity contribution in [3.05, 3.63) is 24.0 Å². The van der Waals surface area contributed by atoms with Crippen molar-refractivity contribution in [2.45, 2.75) is 6.92 Å². The molecule has 2 aromatic rings. The van der Waals surface area contributed by atoms with Gasteiger partial charge in [-0.05, 0) is 24.2 Å². The summed E-state index contributed by atoms with van der Waals surface area (Å²) >= 11 is 0. The summed E-state index contributed by atoms with van der Waals surface area (Å²) in [5, 5.41) is 3.50. The third-order valence-corrected chi connectivity index (χ3v) is 1.87. The third kappa shape index (κ3) is 2.39. The van der Waals surface area contributed by atoms with Gasteiger partial charge in [-0.15, -0.1) is 0 Å². The molecule has 0 aromatic carbocycles. The van der Waals surface area contributed by atoms with E-state index in [0.717, 1.165) is 0 Å². The molecule has 2 rings (SSSR count). The predicted molar refractivity (Wildman–Crippen MR) is 57.9 cm³/mol. The molecule has 2 aromatic heterocycles. The summed E-state index contributed by atoms with van der Waals surface area (Å²) < 4.78 is 9.62. The molecule has 0 aliphatic rings. The quantitative estimate of drug-likeness (QED) is 0.786. The highest BCUT2D eigenvalue weighted by atomic mass is 16.5. The largest absolute Gasteiger partial charge is 0.460 e. The Balaban J connectivity index is 2.27. The smallest absolute Gasteiger partial charge is 0.379 e. The lowest BCUT2D eigenvalue weighted by Crippen LogP contribution is -2.06. The van der Waals surface area contributed by atoms with Gasteiger partial charge in [0.2, 0.25) is 0 Å². The van der Waals surface area contributed by atoms with Gasteiger partial charge < -0.3 is 15.0 Å². The minimum Gasteiger partial charge on any atom is -0.460 e. The standard InChI is InChI=1S/C10H10N4O3/c1-2-16-10(15)8-13-9(17-14-8)6-4-3-5-7(11)12-6/h3-5H,2H2,1H3,(H2,11,12). The highest BCUT2D eigenvalue weighted by Gasteiger charge is 2.17. The van der Waals surface area contributed by atoms with Crippen molar-refractivity contribution in [1.29, 1.82) is 0 Å². The number of ether oxygens (including phenoxy) is 1. The molecular weight excluding hydrogens is 224 g/mol. The molecule has 0 spiro atoms. The van der Waals surface area contributed by atoms with Gasteiger partial charge in [-0.25, -0.2) is 9.78 Å². The molecular formula is C10H10N4O3. The van der Waals surface area contributed by atoms with Crippen LogP contribution in [0.2, 0.25) is 0 Å². The fourth-order valence-electron chi connectivity index (χ4n) is 1.18. The number of carbonyl (C=O) groups is 1. The molecule has 0 unspecified atom stereocenters. The number of rotatable bonds is 3. The summed E-state index contributed by atoms with van der Waals surface area (Å²) in [6.07, 6.45) is 0. The van der Waals surface area contributed by atoms with Crippen LogP contribution in [0.1, 0.15) is 17.5 Å². The Morgan fingerprint density at radius 2 is 2.29 bits per heavy atom. The van der Waals surface area contributed by atoms with Crippen LogP contribution in [0.5, 0.6) is 0 Å². The number of hydrogen-bond acceptors (Lipinski definition) is 7. The van der Waals surface area contributed by atoms with Crippen LogP contribution in [0.3, 0.4) is 0 Å². The Hall–Kier alpha value is -2.44. The second kappa shape index (κ2) is 4.60. The molecule has 88 valence electrons. The van der Waals surface area contributed by atoms with E-state index < -0.39 is 5.97 Å². The molecule has 0 bridgehead atoms. The molecule has 0 radical (unpaired) electrons. The zero-order chi connectivity index (χ0) is 12.3. The molecule has 17 heavy (non-hydrogen) atoms. The Bertz CT molecular complexity index is 538. The molecule has 0 saturated carbocycles. The summed E-state index contributed by atoms with van der Waals surface area (Å²) in [5.41, 5.74) is 5.93. The van der Waals surface area contributed by atoms with Crippen LogP contribution in [-0.4, -0.2) is 27.7 Å². The summed E-state index contributed by atoms with van der Waals surface area (Å²) in [6.45, 7) is 1.94. The van der Waals surface area contributed by atoms with E-state index >= 15 is 0 Å². The van der Waals surface area contributed by atoms with Crippen molar-refractivity contribution in [3.8, 4) is 11.6 Å². The van der Waals surface area contributed by atoms with Crippen LogP contribution >= 0.6 is 0 Å². The highest BCUT2D eigenvalue weighted by Crippen LogP contribution is 2.15. The minimum absolute atomic E-state index is 0.125. The van der Waals surface area contributed by atoms with Gasteiger partial charge in [-0.2, -0.15) is 4.98 Å². The van der Waals surface area contributed by atoms with E-state index in [9.17, 15) is 4.79 Å². The number of hydrogen-bond donors (Lipinski definition) is 1.